The molecule has 11 aromatic rings. The van der Waals surface area contributed by atoms with Crippen molar-refractivity contribution < 1.29 is 0 Å². The molecule has 330 valence electrons. The minimum Gasteiger partial charge on any atom is -0.311 e. The summed E-state index contributed by atoms with van der Waals surface area (Å²) < 4.78 is 0. The molecule has 0 aromatic heterocycles. The highest BCUT2D eigenvalue weighted by Gasteiger charge is 2.28. The Bertz CT molecular complexity index is 3590. The molecule has 0 spiro atoms. The van der Waals surface area contributed by atoms with E-state index >= 15 is 0 Å². The minimum absolute atomic E-state index is 1.13. The lowest BCUT2D eigenvalue weighted by Crippen LogP contribution is -2.15. The van der Waals surface area contributed by atoms with Gasteiger partial charge in [0.1, 0.15) is 0 Å². The molecule has 2 aliphatic rings. The van der Waals surface area contributed by atoms with Crippen molar-refractivity contribution in [1.29, 1.82) is 0 Å². The van der Waals surface area contributed by atoms with Crippen LogP contribution in [-0.2, 0) is 25.7 Å². The van der Waals surface area contributed by atoms with E-state index in [1.165, 1.54) is 108 Å². The maximum atomic E-state index is 2.43. The van der Waals surface area contributed by atoms with Crippen LogP contribution in [0.5, 0.6) is 0 Å². The van der Waals surface area contributed by atoms with Gasteiger partial charge in [0, 0.05) is 17.1 Å². The van der Waals surface area contributed by atoms with E-state index in [4.69, 9.17) is 0 Å². The van der Waals surface area contributed by atoms with Crippen molar-refractivity contribution in [2.75, 3.05) is 4.90 Å². The van der Waals surface area contributed by atoms with E-state index in [9.17, 15) is 0 Å². The molecule has 0 amide bonds. The smallest absolute Gasteiger partial charge is 0.0462 e. The molecule has 0 N–H and O–H groups in total. The van der Waals surface area contributed by atoms with Gasteiger partial charge in [0.15, 0.2) is 0 Å². The number of nitrogens with zero attached hydrogens (tertiary/aromatic N) is 1. The van der Waals surface area contributed by atoms with Crippen molar-refractivity contribution in [3.05, 3.63) is 247 Å². The summed E-state index contributed by atoms with van der Waals surface area (Å²) in [5, 5.41) is 7.79. The Hall–Kier alpha value is -8.00. The summed E-state index contributed by atoms with van der Waals surface area (Å²) in [6, 6.07) is 83.5. The molecule has 0 saturated carbocycles. The summed E-state index contributed by atoms with van der Waals surface area (Å²) in [6.45, 7) is 0. The topological polar surface area (TPSA) is 3.24 Å². The molecule has 0 radical (unpaired) electrons. The van der Waals surface area contributed by atoms with Gasteiger partial charge in [-0.15, -0.1) is 0 Å². The zero-order valence-electron chi connectivity index (χ0n) is 39.0. The van der Waals surface area contributed by atoms with Crippen LogP contribution in [0, 0.1) is 0 Å². The van der Waals surface area contributed by atoms with Crippen LogP contribution in [0.25, 0.3) is 88.0 Å². The molecule has 0 atom stereocenters. The highest BCUT2D eigenvalue weighted by atomic mass is 15.1. The summed E-state index contributed by atoms with van der Waals surface area (Å²) in [7, 11) is 0. The van der Waals surface area contributed by atoms with Gasteiger partial charge in [0.2, 0.25) is 0 Å². The number of benzene rings is 11. The first kappa shape index (κ1) is 41.2. The predicted octanol–water partition coefficient (Wildman–Crippen LogP) is 18.7. The lowest BCUT2D eigenvalue weighted by molar-refractivity contribution is 0.662. The van der Waals surface area contributed by atoms with Crippen LogP contribution in [0.2, 0.25) is 0 Å². The van der Waals surface area contributed by atoms with Crippen molar-refractivity contribution >= 4 is 49.4 Å². The molecule has 0 aliphatic heterocycles. The number of hydrogen-bond acceptors (Lipinski definition) is 1. The Balaban J connectivity index is 0.891. The van der Waals surface area contributed by atoms with Gasteiger partial charge < -0.3 is 4.90 Å². The van der Waals surface area contributed by atoms with Gasteiger partial charge in [0.05, 0.1) is 0 Å². The minimum atomic E-state index is 1.13. The van der Waals surface area contributed by atoms with Crippen molar-refractivity contribution in [1.82, 2.24) is 0 Å². The second kappa shape index (κ2) is 17.6. The fourth-order valence-corrected chi connectivity index (χ4v) is 12.0. The van der Waals surface area contributed by atoms with E-state index in [0.717, 1.165) is 42.7 Å². The standard InChI is InChI=1S/C68H53N/c1-3-15-46(16-4-1)48-27-29-51(30-28-48)67-62-23-11-13-25-64(62)68(65-26-14-12-24-63(65)67)52-35-42-56(43-36-52)69(54-38-31-49(32-39-54)47-17-5-2-6-18-47)55-40-33-50(34-41-55)53-37-44-61-59-21-8-7-19-57(59)58-20-9-10-22-60(58)66(61)45-53/h1-10,15-22,27-45H,11-14,23-26H2. The SMILES string of the molecule is c1ccc(-c2ccc(-c3c4c(c(-c5ccc(N(c6ccc(-c7ccccc7)cc6)c6ccc(-c7ccc8c9ccccc9c9ccccc9c8c7)cc6)cc5)c5c3CCCC5)CCCC4)cc2)cc1. The van der Waals surface area contributed by atoms with Crippen molar-refractivity contribution in [3.8, 4) is 55.6 Å². The van der Waals surface area contributed by atoms with Crippen LogP contribution in [-0.4, -0.2) is 0 Å². The molecule has 13 rings (SSSR count). The Kier molecular flexibility index (Phi) is 10.5. The second-order valence-electron chi connectivity index (χ2n) is 19.2. The highest BCUT2D eigenvalue weighted by molar-refractivity contribution is 6.25. The lowest BCUT2D eigenvalue weighted by Gasteiger charge is -2.32. The van der Waals surface area contributed by atoms with Gasteiger partial charge in [-0.1, -0.05) is 182 Å². The molecule has 0 unspecified atom stereocenters. The average Bonchev–Trinajstić information content (AvgIpc) is 3.43. The zero-order valence-corrected chi connectivity index (χ0v) is 39.0. The number of fused-ring (bicyclic) bond motifs is 8. The van der Waals surface area contributed by atoms with E-state index in [-0.39, 0.29) is 0 Å². The van der Waals surface area contributed by atoms with Crippen LogP contribution in [0.3, 0.4) is 0 Å². The maximum absolute atomic E-state index is 2.43. The Morgan fingerprint density at radius 2 is 0.493 bits per heavy atom. The van der Waals surface area contributed by atoms with Crippen LogP contribution in [0.4, 0.5) is 17.1 Å². The van der Waals surface area contributed by atoms with E-state index in [1.54, 1.807) is 27.8 Å². The molecular formula is C68H53N. The quantitative estimate of drug-likeness (QED) is 0.137. The van der Waals surface area contributed by atoms with Crippen molar-refractivity contribution in [3.63, 3.8) is 0 Å². The number of anilines is 3. The third kappa shape index (κ3) is 7.41. The summed E-state index contributed by atoms with van der Waals surface area (Å²) in [5.74, 6) is 0. The third-order valence-corrected chi connectivity index (χ3v) is 15.3. The Morgan fingerprint density at radius 3 is 0.899 bits per heavy atom. The maximum Gasteiger partial charge on any atom is 0.0462 e. The molecular weight excluding hydrogens is 831 g/mol. The fraction of sp³-hybridized carbons (Fsp3) is 0.118. The number of rotatable bonds is 8. The first-order valence-corrected chi connectivity index (χ1v) is 25.1. The molecule has 11 aromatic carbocycles. The lowest BCUT2D eigenvalue weighted by atomic mass is 9.73. The van der Waals surface area contributed by atoms with Gasteiger partial charge in [-0.05, 0) is 204 Å². The van der Waals surface area contributed by atoms with Crippen LogP contribution in [0.15, 0.2) is 224 Å². The van der Waals surface area contributed by atoms with Crippen molar-refractivity contribution in [2.24, 2.45) is 0 Å². The number of hydrogen-bond donors (Lipinski definition) is 0. The molecule has 0 fully saturated rings. The van der Waals surface area contributed by atoms with Crippen molar-refractivity contribution in [2.45, 2.75) is 51.4 Å². The van der Waals surface area contributed by atoms with Gasteiger partial charge in [-0.2, -0.15) is 0 Å². The van der Waals surface area contributed by atoms with Gasteiger partial charge in [-0.25, -0.2) is 0 Å². The molecule has 0 bridgehead atoms. The van der Waals surface area contributed by atoms with E-state index in [1.807, 2.05) is 0 Å². The first-order valence-electron chi connectivity index (χ1n) is 25.1. The zero-order chi connectivity index (χ0) is 45.7. The molecule has 1 nitrogen and oxygen atoms in total. The molecule has 1 heteroatoms. The highest BCUT2D eigenvalue weighted by Crippen LogP contribution is 2.47. The first-order chi connectivity index (χ1) is 34.2. The van der Waals surface area contributed by atoms with E-state index in [2.05, 4.69) is 229 Å². The van der Waals surface area contributed by atoms with Crippen LogP contribution < -0.4 is 4.90 Å². The predicted molar refractivity (Wildman–Crippen MR) is 294 cm³/mol. The summed E-state index contributed by atoms with van der Waals surface area (Å²) in [6.07, 6.45) is 9.60. The monoisotopic (exact) mass is 883 g/mol. The van der Waals surface area contributed by atoms with Gasteiger partial charge >= 0.3 is 0 Å². The molecule has 0 heterocycles. The molecule has 2 aliphatic carbocycles. The summed E-state index contributed by atoms with van der Waals surface area (Å²) >= 11 is 0. The average molecular weight is 884 g/mol. The van der Waals surface area contributed by atoms with Crippen LogP contribution >= 0.6 is 0 Å². The normalized spacial score (nSPS) is 13.3. The van der Waals surface area contributed by atoms with E-state index < -0.39 is 0 Å². The Morgan fingerprint density at radius 1 is 0.217 bits per heavy atom. The van der Waals surface area contributed by atoms with Gasteiger partial charge in [-0.3, -0.25) is 0 Å². The molecule has 69 heavy (non-hydrogen) atoms. The molecule has 0 saturated heterocycles. The third-order valence-electron chi connectivity index (χ3n) is 15.3. The largest absolute Gasteiger partial charge is 0.311 e. The Labute approximate surface area is 406 Å². The summed E-state index contributed by atoms with van der Waals surface area (Å²) in [4.78, 5) is 2.43. The van der Waals surface area contributed by atoms with Crippen LogP contribution in [0.1, 0.15) is 47.9 Å². The van der Waals surface area contributed by atoms with E-state index in [0.29, 0.717) is 0 Å². The summed E-state index contributed by atoms with van der Waals surface area (Å²) in [5.41, 5.74) is 23.0. The van der Waals surface area contributed by atoms with Gasteiger partial charge in [0.25, 0.3) is 0 Å². The fourth-order valence-electron chi connectivity index (χ4n) is 12.0. The second-order valence-corrected chi connectivity index (χ2v) is 19.2.